The summed E-state index contributed by atoms with van der Waals surface area (Å²) in [4.78, 5) is 31.9. The highest BCUT2D eigenvalue weighted by Crippen LogP contribution is 2.24. The molecular weight excluding hydrogens is 480 g/mol. The molecule has 4 rings (SSSR count). The summed E-state index contributed by atoms with van der Waals surface area (Å²) >= 11 is 3.48. The standard InChI is InChI=1S/C27H21BrN2O3/c28-26-11-10-25(33-18-22-3-1-2-13-29-22)16-21(26)7-9-24(32)17-23(31)8-5-19-4-6-20-12-14-30-27(20)15-19/h1-16,30H,17-18H2. The van der Waals surface area contributed by atoms with Gasteiger partial charge in [-0.2, -0.15) is 0 Å². The van der Waals surface area contributed by atoms with Crippen molar-refractivity contribution in [2.24, 2.45) is 0 Å². The summed E-state index contributed by atoms with van der Waals surface area (Å²) in [5.74, 6) is 0.146. The summed E-state index contributed by atoms with van der Waals surface area (Å²) in [5, 5.41) is 1.11. The third kappa shape index (κ3) is 6.37. The van der Waals surface area contributed by atoms with E-state index in [0.29, 0.717) is 12.4 Å². The average molecular weight is 501 g/mol. The molecule has 2 heterocycles. The van der Waals surface area contributed by atoms with E-state index in [2.05, 4.69) is 25.9 Å². The quantitative estimate of drug-likeness (QED) is 0.220. The predicted octanol–water partition coefficient (Wildman–Crippen LogP) is 6.16. The van der Waals surface area contributed by atoms with Crippen LogP contribution in [0.1, 0.15) is 23.2 Å². The molecule has 0 saturated carbocycles. The van der Waals surface area contributed by atoms with Crippen molar-refractivity contribution in [3.8, 4) is 5.75 Å². The van der Waals surface area contributed by atoms with Crippen molar-refractivity contribution in [2.45, 2.75) is 13.0 Å². The lowest BCUT2D eigenvalue weighted by Crippen LogP contribution is -2.02. The first kappa shape index (κ1) is 22.4. The molecule has 6 heteroatoms. The Morgan fingerprint density at radius 1 is 0.970 bits per heavy atom. The molecule has 0 fully saturated rings. The number of fused-ring (bicyclic) bond motifs is 1. The largest absolute Gasteiger partial charge is 0.487 e. The van der Waals surface area contributed by atoms with Gasteiger partial charge in [0.1, 0.15) is 12.4 Å². The van der Waals surface area contributed by atoms with Crippen LogP contribution in [0.3, 0.4) is 0 Å². The van der Waals surface area contributed by atoms with Gasteiger partial charge in [-0.1, -0.05) is 46.3 Å². The highest BCUT2D eigenvalue weighted by molar-refractivity contribution is 9.10. The highest BCUT2D eigenvalue weighted by Gasteiger charge is 2.06. The number of nitrogens with zero attached hydrogens (tertiary/aromatic N) is 1. The van der Waals surface area contributed by atoms with Crippen LogP contribution < -0.4 is 4.74 Å². The summed E-state index contributed by atoms with van der Waals surface area (Å²) in [6.45, 7) is 0.349. The first-order chi connectivity index (χ1) is 16.1. The average Bonchev–Trinajstić information content (AvgIpc) is 3.30. The van der Waals surface area contributed by atoms with Gasteiger partial charge in [0.15, 0.2) is 11.6 Å². The Hall–Kier alpha value is -3.77. The maximum atomic E-state index is 12.3. The number of aromatic nitrogens is 2. The molecule has 2 aromatic heterocycles. The van der Waals surface area contributed by atoms with Crippen LogP contribution in [0.15, 0.2) is 89.7 Å². The Morgan fingerprint density at radius 3 is 2.64 bits per heavy atom. The topological polar surface area (TPSA) is 72.0 Å². The third-order valence-corrected chi connectivity index (χ3v) is 5.64. The smallest absolute Gasteiger partial charge is 0.163 e. The van der Waals surface area contributed by atoms with Crippen LogP contribution in [0, 0.1) is 0 Å². The maximum Gasteiger partial charge on any atom is 0.163 e. The Kier molecular flexibility index (Phi) is 7.27. The van der Waals surface area contributed by atoms with E-state index in [1.165, 1.54) is 12.2 Å². The zero-order valence-electron chi connectivity index (χ0n) is 17.7. The van der Waals surface area contributed by atoms with Gasteiger partial charge in [-0.05, 0) is 71.1 Å². The van der Waals surface area contributed by atoms with Crippen LogP contribution in [0.5, 0.6) is 5.75 Å². The van der Waals surface area contributed by atoms with Crippen LogP contribution in [-0.4, -0.2) is 21.5 Å². The number of pyridine rings is 1. The molecule has 0 bridgehead atoms. The third-order valence-electron chi connectivity index (χ3n) is 4.92. The number of benzene rings is 2. The molecule has 0 aliphatic rings. The minimum atomic E-state index is -0.267. The molecular formula is C27H21BrN2O3. The minimum Gasteiger partial charge on any atom is -0.487 e. The molecule has 0 aliphatic carbocycles. The molecule has 0 amide bonds. The van der Waals surface area contributed by atoms with Crippen molar-refractivity contribution >= 4 is 50.6 Å². The Labute approximate surface area is 200 Å². The fourth-order valence-electron chi connectivity index (χ4n) is 3.21. The number of H-pyrrole nitrogens is 1. The van der Waals surface area contributed by atoms with Gasteiger partial charge >= 0.3 is 0 Å². The van der Waals surface area contributed by atoms with Crippen molar-refractivity contribution in [1.82, 2.24) is 9.97 Å². The van der Waals surface area contributed by atoms with Crippen molar-refractivity contribution in [3.63, 3.8) is 0 Å². The van der Waals surface area contributed by atoms with Crippen molar-refractivity contribution in [3.05, 3.63) is 107 Å². The van der Waals surface area contributed by atoms with Gasteiger partial charge in [-0.15, -0.1) is 0 Å². The molecule has 2 aromatic carbocycles. The van der Waals surface area contributed by atoms with Gasteiger partial charge in [-0.3, -0.25) is 14.6 Å². The lowest BCUT2D eigenvalue weighted by atomic mass is 10.1. The van der Waals surface area contributed by atoms with E-state index < -0.39 is 0 Å². The van der Waals surface area contributed by atoms with Crippen molar-refractivity contribution in [1.29, 1.82) is 0 Å². The van der Waals surface area contributed by atoms with Crippen LogP contribution in [0.25, 0.3) is 23.1 Å². The molecule has 0 aliphatic heterocycles. The van der Waals surface area contributed by atoms with E-state index in [9.17, 15) is 9.59 Å². The van der Waals surface area contributed by atoms with Crippen molar-refractivity contribution < 1.29 is 14.3 Å². The lowest BCUT2D eigenvalue weighted by Gasteiger charge is -2.07. The van der Waals surface area contributed by atoms with Crippen molar-refractivity contribution in [2.75, 3.05) is 0 Å². The van der Waals surface area contributed by atoms with Gasteiger partial charge in [0.25, 0.3) is 0 Å². The molecule has 0 spiro atoms. The second-order valence-corrected chi connectivity index (χ2v) is 8.25. The number of carbonyl (C=O) groups excluding carboxylic acids is 2. The Bertz CT molecular complexity index is 1340. The summed E-state index contributed by atoms with van der Waals surface area (Å²) in [6, 6.07) is 19.0. The van der Waals surface area contributed by atoms with E-state index in [1.54, 1.807) is 18.3 Å². The molecule has 0 saturated heterocycles. The number of nitrogens with one attached hydrogen (secondary N) is 1. The van der Waals surface area contributed by atoms with Gasteiger partial charge in [0, 0.05) is 22.4 Å². The molecule has 4 aromatic rings. The van der Waals surface area contributed by atoms with Gasteiger partial charge < -0.3 is 9.72 Å². The minimum absolute atomic E-state index is 0.189. The molecule has 1 N–H and O–H groups in total. The number of hydrogen-bond donors (Lipinski definition) is 1. The second kappa shape index (κ2) is 10.7. The molecule has 0 unspecified atom stereocenters. The van der Waals surface area contributed by atoms with Gasteiger partial charge in [0.2, 0.25) is 0 Å². The summed E-state index contributed by atoms with van der Waals surface area (Å²) in [7, 11) is 0. The zero-order valence-corrected chi connectivity index (χ0v) is 19.3. The number of hydrogen-bond acceptors (Lipinski definition) is 4. The van der Waals surface area contributed by atoms with E-state index in [0.717, 1.165) is 32.2 Å². The molecule has 5 nitrogen and oxygen atoms in total. The summed E-state index contributed by atoms with van der Waals surface area (Å²) in [5.41, 5.74) is 3.50. The number of ether oxygens (including phenoxy) is 1. The Morgan fingerprint density at radius 2 is 1.82 bits per heavy atom. The second-order valence-electron chi connectivity index (χ2n) is 7.39. The van der Waals surface area contributed by atoms with E-state index in [4.69, 9.17) is 4.74 Å². The number of carbonyl (C=O) groups is 2. The van der Waals surface area contributed by atoms with Gasteiger partial charge in [0.05, 0.1) is 12.1 Å². The van der Waals surface area contributed by atoms with E-state index in [1.807, 2.05) is 66.9 Å². The summed E-state index contributed by atoms with van der Waals surface area (Å²) < 4.78 is 6.61. The molecule has 33 heavy (non-hydrogen) atoms. The van der Waals surface area contributed by atoms with E-state index in [-0.39, 0.29) is 18.0 Å². The number of rotatable bonds is 9. The summed E-state index contributed by atoms with van der Waals surface area (Å²) in [6.07, 6.45) is 9.66. The number of halogens is 1. The number of aromatic amines is 1. The molecule has 0 atom stereocenters. The highest BCUT2D eigenvalue weighted by atomic mass is 79.9. The monoisotopic (exact) mass is 500 g/mol. The Balaban J connectivity index is 1.33. The van der Waals surface area contributed by atoms with Crippen LogP contribution in [0.4, 0.5) is 0 Å². The first-order valence-corrected chi connectivity index (χ1v) is 11.2. The van der Waals surface area contributed by atoms with Crippen LogP contribution in [0.2, 0.25) is 0 Å². The van der Waals surface area contributed by atoms with Gasteiger partial charge in [-0.25, -0.2) is 0 Å². The molecule has 0 radical (unpaired) electrons. The fraction of sp³-hybridized carbons (Fsp3) is 0.0741. The maximum absolute atomic E-state index is 12.3. The van der Waals surface area contributed by atoms with Crippen LogP contribution in [-0.2, 0) is 16.2 Å². The van der Waals surface area contributed by atoms with Crippen LogP contribution >= 0.6 is 15.9 Å². The fourth-order valence-corrected chi connectivity index (χ4v) is 3.59. The number of allylic oxidation sites excluding steroid dienone is 2. The lowest BCUT2D eigenvalue weighted by molar-refractivity contribution is -0.121. The zero-order chi connectivity index (χ0) is 23.0. The SMILES string of the molecule is O=C(C=Cc1ccc2cc[nH]c2c1)CC(=O)C=Cc1cc(OCc2ccccn2)ccc1Br. The molecule has 164 valence electrons. The van der Waals surface area contributed by atoms with E-state index >= 15 is 0 Å². The predicted molar refractivity (Wildman–Crippen MR) is 134 cm³/mol. The number of ketones is 2. The normalized spacial score (nSPS) is 11.4. The first-order valence-electron chi connectivity index (χ1n) is 10.4.